The molecule has 0 fully saturated rings. The predicted molar refractivity (Wildman–Crippen MR) is 61.2 cm³/mol. The van der Waals surface area contributed by atoms with E-state index in [-0.39, 0.29) is 17.6 Å². The molecule has 0 saturated carbocycles. The third kappa shape index (κ3) is 3.13. The molecular weight excluding hydrogens is 214 g/mol. The average molecular weight is 228 g/mol. The lowest BCUT2D eigenvalue weighted by molar-refractivity contribution is -0.119. The quantitative estimate of drug-likeness (QED) is 0.780. The minimum atomic E-state index is -0.116. The van der Waals surface area contributed by atoms with E-state index < -0.39 is 0 Å². The van der Waals surface area contributed by atoms with Crippen molar-refractivity contribution in [3.63, 3.8) is 0 Å². The molecule has 2 N–H and O–H groups in total. The van der Waals surface area contributed by atoms with Crippen molar-refractivity contribution < 1.29 is 9.90 Å². The molecule has 0 radical (unpaired) electrons. The van der Waals surface area contributed by atoms with Crippen LogP contribution >= 0.6 is 11.6 Å². The average Bonchev–Trinajstić information content (AvgIpc) is 2.22. The zero-order chi connectivity index (χ0) is 11.4. The molecule has 0 aromatic heterocycles. The van der Waals surface area contributed by atoms with Gasteiger partial charge in [0.05, 0.1) is 5.69 Å². The number of benzene rings is 1. The Morgan fingerprint density at radius 1 is 1.60 bits per heavy atom. The third-order valence-electron chi connectivity index (χ3n) is 2.28. The highest BCUT2D eigenvalue weighted by Gasteiger charge is 2.12. The van der Waals surface area contributed by atoms with Crippen LogP contribution in [-0.2, 0) is 4.79 Å². The summed E-state index contributed by atoms with van der Waals surface area (Å²) in [5, 5.41) is 12.6. The lowest BCUT2D eigenvalue weighted by Gasteiger charge is -2.11. The number of hydrogen-bond donors (Lipinski definition) is 2. The number of carbonyl (C=O) groups is 1. The monoisotopic (exact) mass is 227 g/mol. The molecule has 0 aliphatic carbocycles. The van der Waals surface area contributed by atoms with Gasteiger partial charge in [0.1, 0.15) is 5.75 Å². The second-order valence-electron chi connectivity index (χ2n) is 3.46. The molecule has 1 rings (SSSR count). The predicted octanol–water partition coefficient (Wildman–Crippen LogP) is 3.03. The topological polar surface area (TPSA) is 49.3 Å². The Morgan fingerprint density at radius 2 is 2.27 bits per heavy atom. The second kappa shape index (κ2) is 5.03. The molecule has 3 nitrogen and oxygen atoms in total. The summed E-state index contributed by atoms with van der Waals surface area (Å²) in [5.74, 6) is -0.172. The summed E-state index contributed by atoms with van der Waals surface area (Å²) < 4.78 is 0. The number of phenolic OH excluding ortho intramolecular Hbond substituents is 1. The molecule has 0 saturated heterocycles. The molecular formula is C11H14ClNO2. The van der Waals surface area contributed by atoms with Crippen molar-refractivity contribution in [3.05, 3.63) is 23.2 Å². The largest absolute Gasteiger partial charge is 0.506 e. The first kappa shape index (κ1) is 11.9. The highest BCUT2D eigenvalue weighted by molar-refractivity contribution is 6.31. The molecule has 0 heterocycles. The Bertz CT molecular complexity index is 366. The summed E-state index contributed by atoms with van der Waals surface area (Å²) in [5.41, 5.74) is 0.354. The maximum Gasteiger partial charge on any atom is 0.227 e. The molecule has 1 atom stereocenters. The number of aromatic hydroxyl groups is 1. The molecule has 0 spiro atoms. The van der Waals surface area contributed by atoms with Gasteiger partial charge < -0.3 is 10.4 Å². The SMILES string of the molecule is CCC(C)C(=O)Nc1cc(Cl)ccc1O. The summed E-state index contributed by atoms with van der Waals surface area (Å²) in [6.45, 7) is 3.76. The van der Waals surface area contributed by atoms with E-state index in [1.54, 1.807) is 6.07 Å². The number of nitrogens with one attached hydrogen (secondary N) is 1. The van der Waals surface area contributed by atoms with Crippen LogP contribution in [0.25, 0.3) is 0 Å². The van der Waals surface area contributed by atoms with Crippen LogP contribution in [0.1, 0.15) is 20.3 Å². The molecule has 1 unspecified atom stereocenters. The molecule has 0 bridgehead atoms. The van der Waals surface area contributed by atoms with Crippen LogP contribution in [0.2, 0.25) is 5.02 Å². The van der Waals surface area contributed by atoms with Crippen molar-refractivity contribution in [3.8, 4) is 5.75 Å². The summed E-state index contributed by atoms with van der Waals surface area (Å²) in [6.07, 6.45) is 0.757. The van der Waals surface area contributed by atoms with Crippen LogP contribution in [0.3, 0.4) is 0 Å². The van der Waals surface area contributed by atoms with Crippen LogP contribution in [0.4, 0.5) is 5.69 Å². The van der Waals surface area contributed by atoms with Gasteiger partial charge in [-0.1, -0.05) is 25.4 Å². The molecule has 82 valence electrons. The zero-order valence-electron chi connectivity index (χ0n) is 8.75. The van der Waals surface area contributed by atoms with Gasteiger partial charge in [-0.15, -0.1) is 0 Å². The minimum Gasteiger partial charge on any atom is -0.506 e. The Labute approximate surface area is 94.1 Å². The number of halogens is 1. The molecule has 0 aliphatic heterocycles. The summed E-state index contributed by atoms with van der Waals surface area (Å²) in [7, 11) is 0. The first-order valence-electron chi connectivity index (χ1n) is 4.84. The van der Waals surface area contributed by atoms with Crippen molar-refractivity contribution in [2.75, 3.05) is 5.32 Å². The van der Waals surface area contributed by atoms with Crippen molar-refractivity contribution in [1.29, 1.82) is 0 Å². The number of amides is 1. The van der Waals surface area contributed by atoms with E-state index in [9.17, 15) is 9.90 Å². The van der Waals surface area contributed by atoms with Crippen LogP contribution in [0.15, 0.2) is 18.2 Å². The normalized spacial score (nSPS) is 12.2. The maximum absolute atomic E-state index is 11.5. The molecule has 1 amide bonds. The maximum atomic E-state index is 11.5. The molecule has 4 heteroatoms. The van der Waals surface area contributed by atoms with Crippen molar-refractivity contribution in [2.45, 2.75) is 20.3 Å². The van der Waals surface area contributed by atoms with Gasteiger partial charge in [0.25, 0.3) is 0 Å². The Hall–Kier alpha value is -1.22. The minimum absolute atomic E-state index is 0.0241. The fourth-order valence-electron chi connectivity index (χ4n) is 1.05. The van der Waals surface area contributed by atoms with E-state index in [0.717, 1.165) is 6.42 Å². The van der Waals surface area contributed by atoms with Gasteiger partial charge in [0, 0.05) is 10.9 Å². The number of anilines is 1. The van der Waals surface area contributed by atoms with Gasteiger partial charge in [0.15, 0.2) is 0 Å². The molecule has 1 aromatic rings. The summed E-state index contributed by atoms with van der Waals surface area (Å²) in [6, 6.07) is 4.54. The van der Waals surface area contributed by atoms with Crippen LogP contribution in [-0.4, -0.2) is 11.0 Å². The van der Waals surface area contributed by atoms with E-state index in [2.05, 4.69) is 5.32 Å². The van der Waals surface area contributed by atoms with Crippen LogP contribution in [0.5, 0.6) is 5.75 Å². The lowest BCUT2D eigenvalue weighted by atomic mass is 10.1. The number of phenols is 1. The van der Waals surface area contributed by atoms with Gasteiger partial charge in [-0.05, 0) is 24.6 Å². The highest BCUT2D eigenvalue weighted by Crippen LogP contribution is 2.26. The number of hydrogen-bond acceptors (Lipinski definition) is 2. The van der Waals surface area contributed by atoms with Crippen molar-refractivity contribution in [2.24, 2.45) is 5.92 Å². The number of rotatable bonds is 3. The van der Waals surface area contributed by atoms with Gasteiger partial charge >= 0.3 is 0 Å². The molecule has 1 aromatic carbocycles. The van der Waals surface area contributed by atoms with Gasteiger partial charge in [-0.2, -0.15) is 0 Å². The highest BCUT2D eigenvalue weighted by atomic mass is 35.5. The molecule has 0 aliphatic rings. The Balaban J connectivity index is 2.80. The van der Waals surface area contributed by atoms with Crippen molar-refractivity contribution >= 4 is 23.2 Å². The van der Waals surface area contributed by atoms with Gasteiger partial charge in [-0.3, -0.25) is 4.79 Å². The Morgan fingerprint density at radius 3 is 2.87 bits per heavy atom. The van der Waals surface area contributed by atoms with E-state index in [4.69, 9.17) is 11.6 Å². The van der Waals surface area contributed by atoms with Crippen molar-refractivity contribution in [1.82, 2.24) is 0 Å². The van der Waals surface area contributed by atoms with E-state index in [1.807, 2.05) is 13.8 Å². The summed E-state index contributed by atoms with van der Waals surface area (Å²) in [4.78, 5) is 11.5. The van der Waals surface area contributed by atoms with E-state index in [0.29, 0.717) is 10.7 Å². The van der Waals surface area contributed by atoms with E-state index in [1.165, 1.54) is 12.1 Å². The standard InChI is InChI=1S/C11H14ClNO2/c1-3-7(2)11(15)13-9-6-8(12)4-5-10(9)14/h4-7,14H,3H2,1-2H3,(H,13,15). The first-order valence-corrected chi connectivity index (χ1v) is 5.21. The smallest absolute Gasteiger partial charge is 0.227 e. The molecule has 15 heavy (non-hydrogen) atoms. The second-order valence-corrected chi connectivity index (χ2v) is 3.90. The first-order chi connectivity index (χ1) is 7.04. The fourth-order valence-corrected chi connectivity index (χ4v) is 1.22. The fraction of sp³-hybridized carbons (Fsp3) is 0.364. The number of carbonyl (C=O) groups excluding carboxylic acids is 1. The van der Waals surface area contributed by atoms with Gasteiger partial charge in [-0.25, -0.2) is 0 Å². The van der Waals surface area contributed by atoms with Crippen LogP contribution < -0.4 is 5.32 Å². The summed E-state index contributed by atoms with van der Waals surface area (Å²) >= 11 is 5.75. The zero-order valence-corrected chi connectivity index (χ0v) is 9.51. The lowest BCUT2D eigenvalue weighted by Crippen LogP contribution is -2.19. The van der Waals surface area contributed by atoms with E-state index >= 15 is 0 Å². The van der Waals surface area contributed by atoms with Gasteiger partial charge in [0.2, 0.25) is 5.91 Å². The Kier molecular flexibility index (Phi) is 3.97. The third-order valence-corrected chi connectivity index (χ3v) is 2.51. The van der Waals surface area contributed by atoms with Crippen LogP contribution in [0, 0.1) is 5.92 Å².